The van der Waals surface area contributed by atoms with E-state index in [1.165, 1.54) is 0 Å². The van der Waals surface area contributed by atoms with E-state index in [0.29, 0.717) is 0 Å². The normalized spacial score (nSPS) is 18.6. The Morgan fingerprint density at radius 2 is 1.47 bits per heavy atom. The van der Waals surface area contributed by atoms with E-state index in [4.69, 9.17) is 29.7 Å². The number of benzene rings is 1. The Bertz CT molecular complexity index is 830. The van der Waals surface area contributed by atoms with Crippen molar-refractivity contribution in [1.29, 1.82) is 0 Å². The lowest BCUT2D eigenvalue weighted by Gasteiger charge is -2.36. The lowest BCUT2D eigenvalue weighted by molar-refractivity contribution is 0.0960. The number of Topliss-reactive ketones (excluding diaryl/α,β-unsaturated/α-hetero) is 1. The van der Waals surface area contributed by atoms with Gasteiger partial charge in [-0.3, -0.25) is 13.9 Å². The number of azo groups is 1. The lowest BCUT2D eigenvalue weighted by Crippen LogP contribution is -2.33. The van der Waals surface area contributed by atoms with Crippen LogP contribution >= 0.6 is 26.8 Å². The van der Waals surface area contributed by atoms with Gasteiger partial charge in [0, 0.05) is 12.0 Å². The molecule has 9 nitrogen and oxygen atoms in total. The van der Waals surface area contributed by atoms with Crippen molar-refractivity contribution in [2.45, 2.75) is 45.2 Å². The van der Waals surface area contributed by atoms with Gasteiger partial charge in [-0.2, -0.15) is 10.2 Å². The summed E-state index contributed by atoms with van der Waals surface area (Å²) >= 11 is 6.15. The van der Waals surface area contributed by atoms with Crippen LogP contribution in [0.2, 0.25) is 5.02 Å². The molecule has 1 aliphatic rings. The molecule has 0 bridgehead atoms. The zero-order valence-electron chi connectivity index (χ0n) is 17.4. The average Bonchev–Trinajstić information content (AvgIpc) is 3.17. The summed E-state index contributed by atoms with van der Waals surface area (Å²) in [5.74, 6) is -0.453. The van der Waals surface area contributed by atoms with E-state index >= 15 is 0 Å². The molecule has 12 heteroatoms. The van der Waals surface area contributed by atoms with Crippen LogP contribution in [0.4, 0.5) is 0 Å². The lowest BCUT2D eigenvalue weighted by atomic mass is 10.0. The van der Waals surface area contributed by atoms with Gasteiger partial charge in [0.1, 0.15) is 6.04 Å². The first kappa shape index (κ1) is 25.3. The average molecular weight is 481 g/mol. The minimum Gasteiger partial charge on any atom is -0.307 e. The first-order chi connectivity index (χ1) is 14.2. The third kappa shape index (κ3) is 4.63. The van der Waals surface area contributed by atoms with Crippen molar-refractivity contribution in [3.8, 4) is 0 Å². The molecule has 0 N–H and O–H groups in total. The summed E-state index contributed by atoms with van der Waals surface area (Å²) in [6.07, 6.45) is -0.328. The van der Waals surface area contributed by atoms with Gasteiger partial charge in [0.05, 0.1) is 31.5 Å². The van der Waals surface area contributed by atoms with Gasteiger partial charge >= 0.3 is 15.2 Å². The largest absolute Gasteiger partial charge is 0.372 e. The molecule has 0 amide bonds. The topological polar surface area (TPSA) is 113 Å². The van der Waals surface area contributed by atoms with Crippen LogP contribution in [-0.4, -0.2) is 43.3 Å². The smallest absolute Gasteiger partial charge is 0.307 e. The summed E-state index contributed by atoms with van der Waals surface area (Å²) in [4.78, 5) is 13.1. The van der Waals surface area contributed by atoms with E-state index < -0.39 is 32.0 Å². The van der Waals surface area contributed by atoms with Crippen molar-refractivity contribution < 1.29 is 32.0 Å². The van der Waals surface area contributed by atoms with Crippen molar-refractivity contribution in [2.75, 3.05) is 26.4 Å². The number of carbonyl (C=O) groups excluding carboxylic acids is 1. The van der Waals surface area contributed by atoms with Crippen LogP contribution in [0.3, 0.4) is 0 Å². The third-order valence-corrected chi connectivity index (χ3v) is 10.8. The molecule has 168 valence electrons. The minimum atomic E-state index is -4.22. The third-order valence-electron chi connectivity index (χ3n) is 4.34. The van der Waals surface area contributed by atoms with E-state index in [0.717, 1.165) is 0 Å². The maximum Gasteiger partial charge on any atom is 0.372 e. The Morgan fingerprint density at radius 3 is 1.90 bits per heavy atom. The molecule has 0 aliphatic carbocycles. The highest BCUT2D eigenvalue weighted by molar-refractivity contribution is 7.74. The van der Waals surface area contributed by atoms with E-state index in [-0.39, 0.29) is 43.4 Å². The molecule has 30 heavy (non-hydrogen) atoms. The SMILES string of the molecule is CCOP(=O)(OCC)C1(P(=O)(OCC)OCC)CC(C(=O)c2ccccc2Cl)N=N1. The summed E-state index contributed by atoms with van der Waals surface area (Å²) < 4.78 is 49.5. The zero-order valence-corrected chi connectivity index (χ0v) is 20.0. The molecule has 0 radical (unpaired) electrons. The first-order valence-corrected chi connectivity index (χ1v) is 13.2. The van der Waals surface area contributed by atoms with E-state index in [1.54, 1.807) is 52.0 Å². The predicted octanol–water partition coefficient (Wildman–Crippen LogP) is 5.93. The molecule has 0 aromatic heterocycles. The number of nitrogens with zero attached hydrogens (tertiary/aromatic N) is 2. The number of hydrogen-bond acceptors (Lipinski definition) is 9. The van der Waals surface area contributed by atoms with Gasteiger partial charge in [-0.15, -0.1) is 0 Å². The van der Waals surface area contributed by atoms with Crippen LogP contribution in [-0.2, 0) is 27.2 Å². The molecule has 1 unspecified atom stereocenters. The van der Waals surface area contributed by atoms with Crippen LogP contribution < -0.4 is 0 Å². The highest BCUT2D eigenvalue weighted by Crippen LogP contribution is 2.81. The molecule has 1 aliphatic heterocycles. The summed E-state index contributed by atoms with van der Waals surface area (Å²) in [7, 11) is -8.44. The van der Waals surface area contributed by atoms with Crippen molar-refractivity contribution in [1.82, 2.24) is 0 Å². The molecule has 1 atom stereocenters. The molecular weight excluding hydrogens is 454 g/mol. The molecule has 0 saturated heterocycles. The van der Waals surface area contributed by atoms with Gasteiger partial charge in [-0.05, 0) is 39.8 Å². The second-order valence-electron chi connectivity index (χ2n) is 6.22. The molecule has 1 heterocycles. The van der Waals surface area contributed by atoms with Gasteiger partial charge in [0.25, 0.3) is 5.02 Å². The molecule has 2 rings (SSSR count). The van der Waals surface area contributed by atoms with Gasteiger partial charge in [0.2, 0.25) is 0 Å². The van der Waals surface area contributed by atoms with Crippen LogP contribution in [0.1, 0.15) is 44.5 Å². The highest BCUT2D eigenvalue weighted by atomic mass is 35.5. The zero-order chi connectivity index (χ0) is 22.4. The van der Waals surface area contributed by atoms with E-state index in [2.05, 4.69) is 10.2 Å². The maximum atomic E-state index is 13.8. The first-order valence-electron chi connectivity index (χ1n) is 9.73. The highest BCUT2D eigenvalue weighted by Gasteiger charge is 2.69. The number of halogens is 1. The molecule has 0 fully saturated rings. The fourth-order valence-corrected chi connectivity index (χ4v) is 8.71. The molecule has 1 aromatic rings. The van der Waals surface area contributed by atoms with Crippen LogP contribution in [0, 0.1) is 0 Å². The van der Waals surface area contributed by atoms with E-state index in [9.17, 15) is 13.9 Å². The fraction of sp³-hybridized carbons (Fsp3) is 0.611. The number of hydrogen-bond donors (Lipinski definition) is 0. The van der Waals surface area contributed by atoms with Crippen molar-refractivity contribution in [2.24, 2.45) is 10.2 Å². The van der Waals surface area contributed by atoms with Gasteiger partial charge in [-0.25, -0.2) is 0 Å². The Hall–Kier alpha value is -0.920. The van der Waals surface area contributed by atoms with Gasteiger partial charge in [-0.1, -0.05) is 23.7 Å². The Labute approximate surface area is 181 Å². The maximum absolute atomic E-state index is 13.8. The Kier molecular flexibility index (Phi) is 8.95. The van der Waals surface area contributed by atoms with Crippen molar-refractivity contribution in [3.63, 3.8) is 0 Å². The summed E-state index contributed by atoms with van der Waals surface area (Å²) in [6.45, 7) is 6.44. The second-order valence-corrected chi connectivity index (χ2v) is 11.5. The number of carbonyl (C=O) groups is 1. The predicted molar refractivity (Wildman–Crippen MR) is 113 cm³/mol. The van der Waals surface area contributed by atoms with Crippen LogP contribution in [0.25, 0.3) is 0 Å². The molecular formula is C18H27ClN2O7P2. The van der Waals surface area contributed by atoms with Crippen molar-refractivity contribution >= 4 is 32.6 Å². The van der Waals surface area contributed by atoms with Crippen molar-refractivity contribution in [3.05, 3.63) is 34.9 Å². The molecule has 0 spiro atoms. The molecule has 1 aromatic carbocycles. The number of rotatable bonds is 12. The summed E-state index contributed by atoms with van der Waals surface area (Å²) in [5.41, 5.74) is 0.226. The minimum absolute atomic E-state index is 0.00404. The van der Waals surface area contributed by atoms with Gasteiger partial charge < -0.3 is 18.1 Å². The number of ketones is 1. The van der Waals surface area contributed by atoms with E-state index in [1.807, 2.05) is 0 Å². The standard InChI is InChI=1S/C18H27ClN2O7P2/c1-5-25-29(23,26-6-2)18(30(24,27-7-3)28-8-4)13-16(20-21-18)17(22)14-11-9-10-12-15(14)19/h9-12,16H,5-8,13H2,1-4H3. The van der Waals surface area contributed by atoms with Crippen LogP contribution in [0.5, 0.6) is 0 Å². The summed E-state index contributed by atoms with van der Waals surface area (Å²) in [6, 6.07) is 5.37. The van der Waals surface area contributed by atoms with Crippen LogP contribution in [0.15, 0.2) is 34.5 Å². The quantitative estimate of drug-likeness (QED) is 0.269. The Morgan fingerprint density at radius 1 is 1.00 bits per heavy atom. The monoisotopic (exact) mass is 480 g/mol. The Balaban J connectivity index is 2.58. The second kappa shape index (κ2) is 10.6. The summed E-state index contributed by atoms with van der Waals surface area (Å²) in [5, 5.41) is 6.24. The molecule has 0 saturated carbocycles. The fourth-order valence-electron chi connectivity index (χ4n) is 3.14. The van der Waals surface area contributed by atoms with Gasteiger partial charge in [0.15, 0.2) is 5.78 Å².